The summed E-state index contributed by atoms with van der Waals surface area (Å²) in [4.78, 5) is 62.4. The first-order chi connectivity index (χ1) is 35.9. The van der Waals surface area contributed by atoms with Crippen molar-refractivity contribution in [3.05, 3.63) is 178 Å². The van der Waals surface area contributed by atoms with Gasteiger partial charge in [-0.15, -0.1) is 0 Å². The van der Waals surface area contributed by atoms with Crippen molar-refractivity contribution >= 4 is 46.3 Å². The first-order valence-electron chi connectivity index (χ1n) is 25.5. The number of hydrogen-bond donors (Lipinski definition) is 2. The van der Waals surface area contributed by atoms with E-state index in [4.69, 9.17) is 18.9 Å². The van der Waals surface area contributed by atoms with Gasteiger partial charge in [0.2, 0.25) is 0 Å². The molecule has 0 aromatic heterocycles. The van der Waals surface area contributed by atoms with E-state index in [9.17, 15) is 29.4 Å². The summed E-state index contributed by atoms with van der Waals surface area (Å²) in [7, 11) is 7.35. The number of carbonyl (C=O) groups is 4. The maximum Gasteiger partial charge on any atom is 0.339 e. The molecule has 0 radical (unpaired) electrons. The molecule has 0 aliphatic carbocycles. The number of ether oxygens (including phenoxy) is 4. The van der Waals surface area contributed by atoms with Crippen molar-refractivity contribution in [2.24, 2.45) is 0 Å². The van der Waals surface area contributed by atoms with Crippen LogP contribution in [0.3, 0.4) is 0 Å². The van der Waals surface area contributed by atoms with Gasteiger partial charge in [0.1, 0.15) is 50.1 Å². The fourth-order valence-electron chi connectivity index (χ4n) is 8.57. The lowest BCUT2D eigenvalue weighted by Crippen LogP contribution is -2.26. The van der Waals surface area contributed by atoms with E-state index in [-0.39, 0.29) is 60.2 Å². The van der Waals surface area contributed by atoms with Gasteiger partial charge in [0.25, 0.3) is 0 Å². The zero-order chi connectivity index (χ0) is 54.4. The van der Waals surface area contributed by atoms with Gasteiger partial charge in [-0.3, -0.25) is 9.59 Å². The second kappa shape index (κ2) is 26.0. The Labute approximate surface area is 442 Å². The van der Waals surface area contributed by atoms with E-state index in [0.717, 1.165) is 48.7 Å². The summed E-state index contributed by atoms with van der Waals surface area (Å²) in [5.74, 6) is -1.06. The molecule has 6 rings (SSSR count). The van der Waals surface area contributed by atoms with Crippen LogP contribution in [0, 0.1) is 0 Å². The fraction of sp³-hybridized carbons (Fsp3) is 0.344. The van der Waals surface area contributed by atoms with Crippen LogP contribution in [0.5, 0.6) is 11.5 Å². The van der Waals surface area contributed by atoms with Crippen LogP contribution in [0.2, 0.25) is 0 Å². The topological polar surface area (TPSA) is 159 Å². The van der Waals surface area contributed by atoms with Crippen molar-refractivity contribution in [2.75, 3.05) is 100 Å². The third-order valence-corrected chi connectivity index (χ3v) is 13.3. The highest BCUT2D eigenvalue weighted by molar-refractivity contribution is 6.16. The fourth-order valence-corrected chi connectivity index (χ4v) is 8.57. The SMILES string of the molecule is CCN(CC)c1ccc(C(=O)c2ccc(N(C)C)cc2C(=O)OCC(O)COc2ccc(C(C)(C)c3ccc(OCC(O)COC(=O)c4cc(N(C)C)ccc4C(=O)c4ccc(N(CC)CC)cc4)cc3)cc2)cc1. The molecule has 2 N–H and O–H groups in total. The average Bonchev–Trinajstić information content (AvgIpc) is 3.43. The number of carbonyl (C=O) groups excluding carboxylic acids is 4. The van der Waals surface area contributed by atoms with Crippen LogP contribution < -0.4 is 29.1 Å². The van der Waals surface area contributed by atoms with E-state index in [1.807, 2.05) is 111 Å². The van der Waals surface area contributed by atoms with Crippen molar-refractivity contribution in [2.45, 2.75) is 59.2 Å². The molecule has 0 spiro atoms. The lowest BCUT2D eigenvalue weighted by Gasteiger charge is -2.26. The summed E-state index contributed by atoms with van der Waals surface area (Å²) in [6, 6.07) is 39.7. The molecule has 396 valence electrons. The summed E-state index contributed by atoms with van der Waals surface area (Å²) < 4.78 is 22.9. The van der Waals surface area contributed by atoms with Gasteiger partial charge in [-0.1, -0.05) is 38.1 Å². The Morgan fingerprint density at radius 3 is 1.07 bits per heavy atom. The Hall–Kier alpha value is -7.68. The number of aliphatic hydroxyl groups is 2. The van der Waals surface area contributed by atoms with Gasteiger partial charge < -0.3 is 48.8 Å². The molecule has 6 aromatic carbocycles. The molecule has 6 aromatic rings. The summed E-state index contributed by atoms with van der Waals surface area (Å²) in [6.07, 6.45) is -2.29. The molecule has 0 aliphatic heterocycles. The molecule has 0 aliphatic rings. The van der Waals surface area contributed by atoms with E-state index in [1.165, 1.54) is 0 Å². The van der Waals surface area contributed by atoms with Crippen LogP contribution in [-0.4, -0.2) is 127 Å². The van der Waals surface area contributed by atoms with Crippen molar-refractivity contribution in [1.29, 1.82) is 0 Å². The Kier molecular flexibility index (Phi) is 19.6. The Morgan fingerprint density at radius 2 is 0.760 bits per heavy atom. The lowest BCUT2D eigenvalue weighted by molar-refractivity contribution is 0.0126. The minimum atomic E-state index is -1.14. The van der Waals surface area contributed by atoms with Crippen LogP contribution in [0.4, 0.5) is 22.7 Å². The third-order valence-electron chi connectivity index (χ3n) is 13.3. The Morgan fingerprint density at radius 1 is 0.440 bits per heavy atom. The maximum atomic E-state index is 13.7. The molecule has 14 heteroatoms. The number of benzene rings is 6. The molecular weight excluding hydrogens is 949 g/mol. The van der Waals surface area contributed by atoms with Gasteiger partial charge in [0.15, 0.2) is 11.6 Å². The first-order valence-corrected chi connectivity index (χ1v) is 25.5. The molecule has 2 atom stereocenters. The number of esters is 2. The molecule has 2 unspecified atom stereocenters. The van der Waals surface area contributed by atoms with Crippen molar-refractivity contribution in [3.8, 4) is 11.5 Å². The summed E-state index contributed by atoms with van der Waals surface area (Å²) in [5, 5.41) is 21.6. The second-order valence-corrected chi connectivity index (χ2v) is 19.1. The van der Waals surface area contributed by atoms with E-state index < -0.39 is 29.6 Å². The smallest absolute Gasteiger partial charge is 0.339 e. The van der Waals surface area contributed by atoms with Crippen LogP contribution >= 0.6 is 0 Å². The predicted molar refractivity (Wildman–Crippen MR) is 297 cm³/mol. The van der Waals surface area contributed by atoms with Crippen molar-refractivity contribution < 1.29 is 48.3 Å². The van der Waals surface area contributed by atoms with E-state index in [1.54, 1.807) is 60.7 Å². The number of hydrogen-bond acceptors (Lipinski definition) is 14. The van der Waals surface area contributed by atoms with Crippen LogP contribution in [0.1, 0.15) is 105 Å². The number of rotatable bonds is 26. The molecule has 0 saturated heterocycles. The van der Waals surface area contributed by atoms with Crippen LogP contribution in [0.15, 0.2) is 133 Å². The summed E-state index contributed by atoms with van der Waals surface area (Å²) >= 11 is 0. The number of aliphatic hydroxyl groups excluding tert-OH is 2. The number of ketones is 2. The zero-order valence-electron chi connectivity index (χ0n) is 45.0. The summed E-state index contributed by atoms with van der Waals surface area (Å²) in [6.45, 7) is 14.8. The maximum absolute atomic E-state index is 13.7. The molecule has 0 amide bonds. The first kappa shape index (κ1) is 56.6. The summed E-state index contributed by atoms with van der Waals surface area (Å²) in [5.41, 5.74) is 6.49. The highest BCUT2D eigenvalue weighted by atomic mass is 16.6. The normalized spacial score (nSPS) is 12.0. The van der Waals surface area contributed by atoms with Gasteiger partial charge in [-0.2, -0.15) is 0 Å². The molecule has 0 saturated carbocycles. The van der Waals surface area contributed by atoms with Crippen molar-refractivity contribution in [1.82, 2.24) is 0 Å². The van der Waals surface area contributed by atoms with E-state index in [0.29, 0.717) is 34.0 Å². The van der Waals surface area contributed by atoms with Crippen LogP contribution in [0.25, 0.3) is 0 Å². The second-order valence-electron chi connectivity index (χ2n) is 19.1. The van der Waals surface area contributed by atoms with E-state index >= 15 is 0 Å². The zero-order valence-corrected chi connectivity index (χ0v) is 45.0. The van der Waals surface area contributed by atoms with E-state index in [2.05, 4.69) is 51.3 Å². The van der Waals surface area contributed by atoms with Gasteiger partial charge in [0, 0.05) is 105 Å². The lowest BCUT2D eigenvalue weighted by atomic mass is 9.78. The van der Waals surface area contributed by atoms with Gasteiger partial charge >= 0.3 is 11.9 Å². The standard InChI is InChI=1S/C61H72N4O10/c1-11-64(12-2)45-23-15-41(16-24-45)57(68)53-33-27-47(62(7)8)35-55(53)59(70)74-39-49(66)37-72-51-29-19-43(20-30-51)61(5,6)44-21-31-52(32-22-44)73-38-50(67)40-75-60(71)56-36-48(63(9)10)28-34-54(56)58(69)42-17-25-46(26-18-42)65(13-3)14-4/h15-36,49-50,66-67H,11-14,37-40H2,1-10H3. The number of nitrogens with zero attached hydrogens (tertiary/aromatic N) is 4. The molecule has 0 fully saturated rings. The minimum absolute atomic E-state index is 0.101. The molecule has 75 heavy (non-hydrogen) atoms. The molecule has 0 heterocycles. The predicted octanol–water partition coefficient (Wildman–Crippen LogP) is 9.49. The number of anilines is 4. The molecule has 14 nitrogen and oxygen atoms in total. The molecule has 0 bridgehead atoms. The Balaban J connectivity index is 0.988. The van der Waals surface area contributed by atoms with Gasteiger partial charge in [-0.05, 0) is 148 Å². The molecular formula is C61H72N4O10. The van der Waals surface area contributed by atoms with Crippen LogP contribution in [-0.2, 0) is 14.9 Å². The average molecular weight is 1020 g/mol. The van der Waals surface area contributed by atoms with Gasteiger partial charge in [0.05, 0.1) is 11.1 Å². The highest BCUT2D eigenvalue weighted by Crippen LogP contribution is 2.34. The van der Waals surface area contributed by atoms with Gasteiger partial charge in [-0.25, -0.2) is 9.59 Å². The minimum Gasteiger partial charge on any atom is -0.491 e. The third kappa shape index (κ3) is 14.3. The van der Waals surface area contributed by atoms with Crippen molar-refractivity contribution in [3.63, 3.8) is 0 Å². The quantitative estimate of drug-likeness (QED) is 0.0391. The monoisotopic (exact) mass is 1020 g/mol. The largest absolute Gasteiger partial charge is 0.491 e. The highest BCUT2D eigenvalue weighted by Gasteiger charge is 2.26. The Bertz CT molecular complexity index is 2660.